The maximum atomic E-state index is 11.6. The fraction of sp³-hybridized carbons (Fsp3) is 0.333. The van der Waals surface area contributed by atoms with Gasteiger partial charge in [-0.05, 0) is 29.2 Å². The van der Waals surface area contributed by atoms with Crippen LogP contribution in [-0.4, -0.2) is 29.0 Å². The van der Waals surface area contributed by atoms with E-state index in [-0.39, 0.29) is 11.3 Å². The van der Waals surface area contributed by atoms with Crippen molar-refractivity contribution in [3.63, 3.8) is 0 Å². The van der Waals surface area contributed by atoms with E-state index in [4.69, 9.17) is 4.74 Å². The van der Waals surface area contributed by atoms with Gasteiger partial charge in [0.25, 0.3) is 0 Å². The minimum Gasteiger partial charge on any atom is -0.492 e. The van der Waals surface area contributed by atoms with E-state index < -0.39 is 0 Å². The number of rotatable bonds is 6. The molecule has 2 aromatic rings. The molecule has 0 fully saturated rings. The first-order valence-corrected chi connectivity index (χ1v) is 7.63. The number of aromatic nitrogens is 2. The molecule has 0 aliphatic carbocycles. The molecule has 0 aliphatic heterocycles. The van der Waals surface area contributed by atoms with Gasteiger partial charge in [-0.25, -0.2) is 4.98 Å². The zero-order valence-corrected chi connectivity index (χ0v) is 13.8. The zero-order chi connectivity index (χ0) is 16.7. The normalized spacial score (nSPS) is 11.6. The summed E-state index contributed by atoms with van der Waals surface area (Å²) in [5.74, 6) is 0.645. The summed E-state index contributed by atoms with van der Waals surface area (Å²) in [6.07, 6.45) is 6.35. The van der Waals surface area contributed by atoms with Crippen molar-refractivity contribution in [1.29, 1.82) is 0 Å². The summed E-state index contributed by atoms with van der Waals surface area (Å²) in [5.41, 5.74) is 2.19. The first-order valence-electron chi connectivity index (χ1n) is 7.63. The lowest BCUT2D eigenvalue weighted by Crippen LogP contribution is -2.26. The van der Waals surface area contributed by atoms with E-state index in [1.807, 2.05) is 12.1 Å². The Hall–Kier alpha value is -2.56. The average Bonchev–Trinajstić information content (AvgIpc) is 3.02. The first-order chi connectivity index (χ1) is 10.9. The molecule has 1 aromatic heterocycles. The van der Waals surface area contributed by atoms with Gasteiger partial charge < -0.3 is 15.0 Å². The van der Waals surface area contributed by atoms with Crippen LogP contribution in [0, 0.1) is 0 Å². The van der Waals surface area contributed by atoms with Gasteiger partial charge in [-0.1, -0.05) is 32.9 Å². The average molecular weight is 313 g/mol. The summed E-state index contributed by atoms with van der Waals surface area (Å²) in [5, 5.41) is 2.77. The molecule has 0 spiro atoms. The van der Waals surface area contributed by atoms with E-state index in [0.717, 1.165) is 11.4 Å². The molecule has 0 bridgehead atoms. The molecule has 23 heavy (non-hydrogen) atoms. The second kappa shape index (κ2) is 7.63. The fourth-order valence-electron chi connectivity index (χ4n) is 1.98. The van der Waals surface area contributed by atoms with Crippen LogP contribution in [0.1, 0.15) is 32.0 Å². The van der Waals surface area contributed by atoms with Crippen LogP contribution in [0.5, 0.6) is 5.75 Å². The quantitative estimate of drug-likeness (QED) is 0.636. The summed E-state index contributed by atoms with van der Waals surface area (Å²) in [6.45, 7) is 7.41. The van der Waals surface area contributed by atoms with Gasteiger partial charge in [-0.15, -0.1) is 0 Å². The molecule has 1 aromatic carbocycles. The number of ether oxygens (including phenoxy) is 1. The maximum absolute atomic E-state index is 11.6. The molecule has 0 radical (unpaired) electrons. The number of hydrogen-bond acceptors (Lipinski definition) is 3. The van der Waals surface area contributed by atoms with Crippen LogP contribution >= 0.6 is 0 Å². The second-order valence-corrected chi connectivity index (χ2v) is 6.25. The number of amides is 1. The molecule has 0 saturated heterocycles. The molecule has 0 aliphatic rings. The molecule has 0 saturated carbocycles. The highest BCUT2D eigenvalue weighted by Gasteiger charge is 2.12. The topological polar surface area (TPSA) is 67.0 Å². The Morgan fingerprint density at radius 3 is 2.65 bits per heavy atom. The van der Waals surface area contributed by atoms with Crippen LogP contribution in [0.4, 0.5) is 0 Å². The Kier molecular flexibility index (Phi) is 5.57. The Labute approximate surface area is 136 Å². The van der Waals surface area contributed by atoms with Crippen molar-refractivity contribution in [2.75, 3.05) is 13.2 Å². The van der Waals surface area contributed by atoms with Gasteiger partial charge in [0, 0.05) is 6.08 Å². The van der Waals surface area contributed by atoms with Gasteiger partial charge in [0.1, 0.15) is 12.4 Å². The van der Waals surface area contributed by atoms with Crippen LogP contribution in [0.2, 0.25) is 0 Å². The molecule has 1 heterocycles. The van der Waals surface area contributed by atoms with Crippen molar-refractivity contribution in [2.45, 2.75) is 26.2 Å². The van der Waals surface area contributed by atoms with Gasteiger partial charge in [-0.2, -0.15) is 0 Å². The number of hydrogen-bond donors (Lipinski definition) is 2. The van der Waals surface area contributed by atoms with Gasteiger partial charge in [-0.3, -0.25) is 4.79 Å². The molecule has 0 atom stereocenters. The predicted octanol–water partition coefficient (Wildman–Crippen LogP) is 2.92. The van der Waals surface area contributed by atoms with Crippen molar-refractivity contribution in [1.82, 2.24) is 15.3 Å². The molecule has 2 N–H and O–H groups in total. The number of nitrogens with one attached hydrogen (secondary N) is 2. The van der Waals surface area contributed by atoms with E-state index in [2.05, 4.69) is 48.2 Å². The monoisotopic (exact) mass is 313 g/mol. The summed E-state index contributed by atoms with van der Waals surface area (Å²) in [4.78, 5) is 18.4. The highest BCUT2D eigenvalue weighted by atomic mass is 16.5. The minimum absolute atomic E-state index is 0.132. The van der Waals surface area contributed by atoms with Crippen LogP contribution < -0.4 is 10.1 Å². The number of nitrogens with zero attached hydrogens (tertiary/aromatic N) is 1. The molecular formula is C18H23N3O2. The number of carbonyl (C=O) groups is 1. The summed E-state index contributed by atoms with van der Waals surface area (Å²) >= 11 is 0. The number of benzene rings is 1. The van der Waals surface area contributed by atoms with E-state index in [1.165, 1.54) is 11.6 Å². The van der Waals surface area contributed by atoms with Crippen LogP contribution in [-0.2, 0) is 10.2 Å². The summed E-state index contributed by atoms with van der Waals surface area (Å²) in [6, 6.07) is 8.06. The third-order valence-corrected chi connectivity index (χ3v) is 3.32. The highest BCUT2D eigenvalue weighted by Crippen LogP contribution is 2.24. The SMILES string of the molecule is CC(C)(C)c1ccc(OCCNC(=O)/C=C/c2cnc[nH]2)cc1. The molecule has 5 heteroatoms. The van der Waals surface area contributed by atoms with Crippen molar-refractivity contribution in [2.24, 2.45) is 0 Å². The van der Waals surface area contributed by atoms with E-state index in [0.29, 0.717) is 13.2 Å². The molecular weight excluding hydrogens is 290 g/mol. The van der Waals surface area contributed by atoms with Crippen molar-refractivity contribution >= 4 is 12.0 Å². The largest absolute Gasteiger partial charge is 0.492 e. The van der Waals surface area contributed by atoms with Crippen LogP contribution in [0.25, 0.3) is 6.08 Å². The van der Waals surface area contributed by atoms with E-state index >= 15 is 0 Å². The summed E-state index contributed by atoms with van der Waals surface area (Å²) < 4.78 is 5.62. The molecule has 122 valence electrons. The fourth-order valence-corrected chi connectivity index (χ4v) is 1.98. The van der Waals surface area contributed by atoms with Gasteiger partial charge in [0.15, 0.2) is 0 Å². The van der Waals surface area contributed by atoms with E-state index in [9.17, 15) is 4.79 Å². The van der Waals surface area contributed by atoms with Crippen LogP contribution in [0.15, 0.2) is 42.9 Å². The lowest BCUT2D eigenvalue weighted by molar-refractivity contribution is -0.116. The maximum Gasteiger partial charge on any atom is 0.244 e. The van der Waals surface area contributed by atoms with Crippen molar-refractivity contribution in [3.05, 3.63) is 54.1 Å². The number of H-pyrrole nitrogens is 1. The van der Waals surface area contributed by atoms with E-state index in [1.54, 1.807) is 18.6 Å². The zero-order valence-electron chi connectivity index (χ0n) is 13.8. The predicted molar refractivity (Wildman–Crippen MR) is 91.3 cm³/mol. The van der Waals surface area contributed by atoms with Gasteiger partial charge in [0.2, 0.25) is 5.91 Å². The molecule has 0 unspecified atom stereocenters. The number of aromatic amines is 1. The van der Waals surface area contributed by atoms with Crippen LogP contribution in [0.3, 0.4) is 0 Å². The van der Waals surface area contributed by atoms with Crippen molar-refractivity contribution in [3.8, 4) is 5.75 Å². The third kappa shape index (κ3) is 5.62. The molecule has 2 rings (SSSR count). The standard InChI is InChI=1S/C18H23N3O2/c1-18(2,3)14-4-7-16(8-5-14)23-11-10-20-17(22)9-6-15-12-19-13-21-15/h4-9,12-13H,10-11H2,1-3H3,(H,19,21)(H,20,22)/b9-6+. The third-order valence-electron chi connectivity index (χ3n) is 3.32. The highest BCUT2D eigenvalue weighted by molar-refractivity contribution is 5.91. The Balaban J connectivity index is 1.70. The van der Waals surface area contributed by atoms with Gasteiger partial charge >= 0.3 is 0 Å². The molecule has 5 nitrogen and oxygen atoms in total. The Bertz CT molecular complexity index is 638. The second-order valence-electron chi connectivity index (χ2n) is 6.25. The Morgan fingerprint density at radius 1 is 1.30 bits per heavy atom. The first kappa shape index (κ1) is 16.8. The van der Waals surface area contributed by atoms with Gasteiger partial charge in [0.05, 0.1) is 24.8 Å². The number of imidazole rings is 1. The number of carbonyl (C=O) groups excluding carboxylic acids is 1. The van der Waals surface area contributed by atoms with Crippen molar-refractivity contribution < 1.29 is 9.53 Å². The lowest BCUT2D eigenvalue weighted by atomic mass is 9.87. The Morgan fingerprint density at radius 2 is 2.04 bits per heavy atom. The lowest BCUT2D eigenvalue weighted by Gasteiger charge is -2.19. The molecule has 1 amide bonds. The minimum atomic E-state index is -0.161. The summed E-state index contributed by atoms with van der Waals surface area (Å²) in [7, 11) is 0. The smallest absolute Gasteiger partial charge is 0.244 e.